The molecule has 0 aliphatic carbocycles. The first-order valence-corrected chi connectivity index (χ1v) is 8.14. The van der Waals surface area contributed by atoms with Crippen LogP contribution >= 0.6 is 0 Å². The average molecular weight is 300 g/mol. The Labute approximate surface area is 129 Å². The molecule has 0 bridgehead atoms. The largest absolute Gasteiger partial charge is 0.444 e. The number of piperidine rings is 1. The molecule has 1 heterocycles. The van der Waals surface area contributed by atoms with Crippen molar-refractivity contribution in [3.63, 3.8) is 0 Å². The third-order valence-electron chi connectivity index (χ3n) is 3.67. The fourth-order valence-electron chi connectivity index (χ4n) is 2.47. The van der Waals surface area contributed by atoms with E-state index in [1.165, 1.54) is 0 Å². The van der Waals surface area contributed by atoms with Gasteiger partial charge in [-0.05, 0) is 72.4 Å². The number of hydrogen-bond acceptors (Lipinski definition) is 4. The highest BCUT2D eigenvalue weighted by molar-refractivity contribution is 5.68. The molecule has 0 aromatic carbocycles. The number of amides is 1. The number of nitrogens with zero attached hydrogens (tertiary/aromatic N) is 1. The Balaban J connectivity index is 2.13. The number of hydrogen-bond donors (Lipinski definition) is 2. The second-order valence-corrected chi connectivity index (χ2v) is 7.11. The molecule has 0 radical (unpaired) electrons. The summed E-state index contributed by atoms with van der Waals surface area (Å²) in [6.07, 6.45) is 3.53. The van der Waals surface area contributed by atoms with Crippen LogP contribution in [0, 0.1) is 5.92 Å². The average Bonchev–Trinajstić information content (AvgIpc) is 2.36. The molecular weight excluding hydrogens is 268 g/mol. The van der Waals surface area contributed by atoms with Gasteiger partial charge in [-0.2, -0.15) is 0 Å². The number of carbonyl (C=O) groups excluding carboxylic acids is 1. The van der Waals surface area contributed by atoms with Crippen LogP contribution in [0.25, 0.3) is 0 Å². The SMILES string of the molecule is CC(O)CCCNCC1CCN(C(=O)OC(C)(C)C)CC1. The first-order chi connectivity index (χ1) is 9.78. The number of nitrogens with one attached hydrogen (secondary N) is 1. The predicted octanol–water partition coefficient (Wildman–Crippen LogP) is 2.38. The lowest BCUT2D eigenvalue weighted by Crippen LogP contribution is -2.43. The Kier molecular flexibility index (Phi) is 7.46. The molecule has 1 unspecified atom stereocenters. The summed E-state index contributed by atoms with van der Waals surface area (Å²) in [5.74, 6) is 0.634. The molecule has 21 heavy (non-hydrogen) atoms. The highest BCUT2D eigenvalue weighted by Crippen LogP contribution is 2.19. The lowest BCUT2D eigenvalue weighted by molar-refractivity contribution is 0.0184. The van der Waals surface area contributed by atoms with Crippen molar-refractivity contribution >= 4 is 6.09 Å². The number of ether oxygens (including phenoxy) is 1. The van der Waals surface area contributed by atoms with Crippen LogP contribution < -0.4 is 5.32 Å². The van der Waals surface area contributed by atoms with Crippen LogP contribution in [0.15, 0.2) is 0 Å². The van der Waals surface area contributed by atoms with E-state index >= 15 is 0 Å². The molecule has 0 aromatic heterocycles. The van der Waals surface area contributed by atoms with Crippen LogP contribution in [0.2, 0.25) is 0 Å². The molecule has 2 N–H and O–H groups in total. The summed E-state index contributed by atoms with van der Waals surface area (Å²) in [7, 11) is 0. The molecule has 1 aliphatic heterocycles. The Morgan fingerprint density at radius 3 is 2.52 bits per heavy atom. The second-order valence-electron chi connectivity index (χ2n) is 7.11. The lowest BCUT2D eigenvalue weighted by Gasteiger charge is -2.33. The predicted molar refractivity (Wildman–Crippen MR) is 84.3 cm³/mol. The Morgan fingerprint density at radius 1 is 1.38 bits per heavy atom. The Bertz CT molecular complexity index is 305. The minimum atomic E-state index is -0.417. The van der Waals surface area contributed by atoms with E-state index in [1.54, 1.807) is 0 Å². The van der Waals surface area contributed by atoms with E-state index in [0.717, 1.165) is 51.9 Å². The Hall–Kier alpha value is -0.810. The molecule has 1 amide bonds. The zero-order valence-electron chi connectivity index (χ0n) is 14.0. The number of carbonyl (C=O) groups is 1. The van der Waals surface area contributed by atoms with E-state index in [2.05, 4.69) is 5.32 Å². The monoisotopic (exact) mass is 300 g/mol. The maximum Gasteiger partial charge on any atom is 0.410 e. The molecule has 1 fully saturated rings. The molecular formula is C16H32N2O3. The van der Waals surface area contributed by atoms with E-state index in [1.807, 2.05) is 32.6 Å². The topological polar surface area (TPSA) is 61.8 Å². The number of likely N-dealkylation sites (tertiary alicyclic amines) is 1. The second kappa shape index (κ2) is 8.59. The zero-order chi connectivity index (χ0) is 15.9. The van der Waals surface area contributed by atoms with Gasteiger partial charge in [0, 0.05) is 13.1 Å². The molecule has 124 valence electrons. The quantitative estimate of drug-likeness (QED) is 0.739. The lowest BCUT2D eigenvalue weighted by atomic mass is 9.97. The minimum Gasteiger partial charge on any atom is -0.444 e. The summed E-state index contributed by atoms with van der Waals surface area (Å²) < 4.78 is 5.40. The number of aliphatic hydroxyl groups is 1. The van der Waals surface area contributed by atoms with Crippen molar-refractivity contribution < 1.29 is 14.6 Å². The van der Waals surface area contributed by atoms with Gasteiger partial charge in [-0.1, -0.05) is 0 Å². The van der Waals surface area contributed by atoms with E-state index < -0.39 is 5.60 Å². The van der Waals surface area contributed by atoms with E-state index in [0.29, 0.717) is 5.92 Å². The minimum absolute atomic E-state index is 0.189. The first kappa shape index (κ1) is 18.2. The van der Waals surface area contributed by atoms with E-state index in [9.17, 15) is 9.90 Å². The normalized spacial score (nSPS) is 18.6. The van der Waals surface area contributed by atoms with Crippen molar-refractivity contribution in [1.29, 1.82) is 0 Å². The highest BCUT2D eigenvalue weighted by Gasteiger charge is 2.26. The van der Waals surface area contributed by atoms with Gasteiger partial charge in [-0.3, -0.25) is 0 Å². The molecule has 5 heteroatoms. The summed E-state index contributed by atoms with van der Waals surface area (Å²) in [5, 5.41) is 12.6. The summed E-state index contributed by atoms with van der Waals surface area (Å²) in [4.78, 5) is 13.8. The van der Waals surface area contributed by atoms with Gasteiger partial charge in [0.25, 0.3) is 0 Å². The van der Waals surface area contributed by atoms with Crippen LogP contribution in [0.5, 0.6) is 0 Å². The van der Waals surface area contributed by atoms with Crippen LogP contribution in [-0.4, -0.2) is 54.0 Å². The molecule has 0 saturated carbocycles. The third-order valence-corrected chi connectivity index (χ3v) is 3.67. The molecule has 0 spiro atoms. The molecule has 5 nitrogen and oxygen atoms in total. The van der Waals surface area contributed by atoms with Gasteiger partial charge in [0.15, 0.2) is 0 Å². The number of rotatable bonds is 6. The van der Waals surface area contributed by atoms with Crippen molar-refractivity contribution in [2.75, 3.05) is 26.2 Å². The van der Waals surface area contributed by atoms with Crippen molar-refractivity contribution in [1.82, 2.24) is 10.2 Å². The highest BCUT2D eigenvalue weighted by atomic mass is 16.6. The molecule has 1 saturated heterocycles. The Morgan fingerprint density at radius 2 is 2.00 bits per heavy atom. The van der Waals surface area contributed by atoms with Gasteiger partial charge in [-0.25, -0.2) is 4.79 Å². The van der Waals surface area contributed by atoms with Crippen molar-refractivity contribution in [3.05, 3.63) is 0 Å². The fourth-order valence-corrected chi connectivity index (χ4v) is 2.47. The molecule has 1 rings (SSSR count). The fraction of sp³-hybridized carbons (Fsp3) is 0.938. The van der Waals surface area contributed by atoms with Gasteiger partial charge in [-0.15, -0.1) is 0 Å². The first-order valence-electron chi connectivity index (χ1n) is 8.14. The van der Waals surface area contributed by atoms with Crippen LogP contribution in [0.1, 0.15) is 53.4 Å². The summed E-state index contributed by atoms with van der Waals surface area (Å²) in [6, 6.07) is 0. The number of aliphatic hydroxyl groups excluding tert-OH is 1. The molecule has 0 aromatic rings. The molecule has 1 aliphatic rings. The van der Waals surface area contributed by atoms with E-state index in [4.69, 9.17) is 4.74 Å². The van der Waals surface area contributed by atoms with Crippen molar-refractivity contribution in [3.8, 4) is 0 Å². The van der Waals surface area contributed by atoms with Crippen molar-refractivity contribution in [2.45, 2.75) is 65.1 Å². The van der Waals surface area contributed by atoms with Crippen LogP contribution in [0.3, 0.4) is 0 Å². The van der Waals surface area contributed by atoms with Crippen molar-refractivity contribution in [2.24, 2.45) is 5.92 Å². The standard InChI is InChI=1S/C16H32N2O3/c1-13(19)6-5-9-17-12-14-7-10-18(11-8-14)15(20)21-16(2,3)4/h13-14,17,19H,5-12H2,1-4H3. The maximum atomic E-state index is 11.9. The summed E-state index contributed by atoms with van der Waals surface area (Å²) >= 11 is 0. The van der Waals surface area contributed by atoms with Gasteiger partial charge < -0.3 is 20.1 Å². The van der Waals surface area contributed by atoms with E-state index in [-0.39, 0.29) is 12.2 Å². The van der Waals surface area contributed by atoms with Gasteiger partial charge >= 0.3 is 6.09 Å². The van der Waals surface area contributed by atoms with Gasteiger partial charge in [0.1, 0.15) is 5.60 Å². The maximum absolute atomic E-state index is 11.9. The van der Waals surface area contributed by atoms with Gasteiger partial charge in [0.05, 0.1) is 6.10 Å². The zero-order valence-corrected chi connectivity index (χ0v) is 14.0. The third kappa shape index (κ3) is 8.27. The molecule has 1 atom stereocenters. The van der Waals surface area contributed by atoms with Gasteiger partial charge in [0.2, 0.25) is 0 Å². The summed E-state index contributed by atoms with van der Waals surface area (Å²) in [5.41, 5.74) is -0.417. The summed E-state index contributed by atoms with van der Waals surface area (Å²) in [6.45, 7) is 11.0. The smallest absolute Gasteiger partial charge is 0.410 e. The van der Waals surface area contributed by atoms with Crippen LogP contribution in [-0.2, 0) is 4.74 Å². The van der Waals surface area contributed by atoms with Crippen LogP contribution in [0.4, 0.5) is 4.79 Å².